The van der Waals surface area contributed by atoms with Crippen LogP contribution in [0.25, 0.3) is 0 Å². The number of benzene rings is 1. The standard InChI is InChI=1S/C13H20ClNO/c1-11(4-3-9-16)15-8-7-12-5-2-6-13(14)10-12/h2,5-6,10-11,15-16H,3-4,7-9H2,1H3. The summed E-state index contributed by atoms with van der Waals surface area (Å²) in [6.07, 6.45) is 2.88. The maximum Gasteiger partial charge on any atom is 0.0431 e. The predicted molar refractivity (Wildman–Crippen MR) is 68.9 cm³/mol. The van der Waals surface area contributed by atoms with Crippen molar-refractivity contribution in [1.29, 1.82) is 0 Å². The van der Waals surface area contributed by atoms with Gasteiger partial charge in [0.25, 0.3) is 0 Å². The molecule has 2 N–H and O–H groups in total. The molecular formula is C13H20ClNO. The predicted octanol–water partition coefficient (Wildman–Crippen LogP) is 2.63. The van der Waals surface area contributed by atoms with E-state index in [1.807, 2.05) is 18.2 Å². The third-order valence-corrected chi connectivity index (χ3v) is 2.83. The van der Waals surface area contributed by atoms with Gasteiger partial charge in [0.05, 0.1) is 0 Å². The molecule has 0 saturated heterocycles. The van der Waals surface area contributed by atoms with Crippen LogP contribution in [0.5, 0.6) is 0 Å². The van der Waals surface area contributed by atoms with Gasteiger partial charge in [-0.2, -0.15) is 0 Å². The Labute approximate surface area is 103 Å². The molecular weight excluding hydrogens is 222 g/mol. The SMILES string of the molecule is CC(CCCO)NCCc1cccc(Cl)c1. The molecule has 3 heteroatoms. The molecule has 1 aromatic rings. The van der Waals surface area contributed by atoms with E-state index >= 15 is 0 Å². The maximum absolute atomic E-state index is 8.71. The topological polar surface area (TPSA) is 32.3 Å². The highest BCUT2D eigenvalue weighted by molar-refractivity contribution is 6.30. The molecule has 0 bridgehead atoms. The molecule has 0 aliphatic rings. The Morgan fingerprint density at radius 2 is 2.25 bits per heavy atom. The summed E-state index contributed by atoms with van der Waals surface area (Å²) in [5, 5.41) is 12.9. The molecule has 1 aromatic carbocycles. The number of aliphatic hydroxyl groups excluding tert-OH is 1. The Bertz CT molecular complexity index is 304. The van der Waals surface area contributed by atoms with Gasteiger partial charge in [0.15, 0.2) is 0 Å². The van der Waals surface area contributed by atoms with Crippen LogP contribution in [0.1, 0.15) is 25.3 Å². The van der Waals surface area contributed by atoms with Crippen molar-refractivity contribution in [3.8, 4) is 0 Å². The second kappa shape index (κ2) is 7.66. The van der Waals surface area contributed by atoms with Gasteiger partial charge in [-0.05, 0) is 50.4 Å². The van der Waals surface area contributed by atoms with Crippen LogP contribution in [-0.4, -0.2) is 24.3 Å². The summed E-state index contributed by atoms with van der Waals surface area (Å²) in [7, 11) is 0. The molecule has 0 fully saturated rings. The lowest BCUT2D eigenvalue weighted by Crippen LogP contribution is -2.28. The van der Waals surface area contributed by atoms with Crippen LogP contribution in [-0.2, 0) is 6.42 Å². The van der Waals surface area contributed by atoms with Crippen LogP contribution in [0.4, 0.5) is 0 Å². The first kappa shape index (κ1) is 13.5. The summed E-state index contributed by atoms with van der Waals surface area (Å²) >= 11 is 5.91. The number of rotatable bonds is 7. The van der Waals surface area contributed by atoms with E-state index in [1.54, 1.807) is 0 Å². The summed E-state index contributed by atoms with van der Waals surface area (Å²) in [6.45, 7) is 3.38. The third kappa shape index (κ3) is 5.50. The molecule has 1 atom stereocenters. The lowest BCUT2D eigenvalue weighted by molar-refractivity contribution is 0.276. The largest absolute Gasteiger partial charge is 0.396 e. The minimum atomic E-state index is 0.278. The highest BCUT2D eigenvalue weighted by Crippen LogP contribution is 2.10. The first-order valence-electron chi connectivity index (χ1n) is 5.81. The van der Waals surface area contributed by atoms with E-state index < -0.39 is 0 Å². The van der Waals surface area contributed by atoms with E-state index in [0.717, 1.165) is 30.8 Å². The Morgan fingerprint density at radius 3 is 2.94 bits per heavy atom. The Hall–Kier alpha value is -0.570. The molecule has 0 spiro atoms. The summed E-state index contributed by atoms with van der Waals surface area (Å²) in [5.41, 5.74) is 1.26. The van der Waals surface area contributed by atoms with Crippen LogP contribution >= 0.6 is 11.6 Å². The van der Waals surface area contributed by atoms with Gasteiger partial charge in [-0.1, -0.05) is 23.7 Å². The molecule has 0 aromatic heterocycles. The van der Waals surface area contributed by atoms with E-state index in [2.05, 4.69) is 18.3 Å². The Kier molecular flexibility index (Phi) is 6.46. The number of hydrogen-bond acceptors (Lipinski definition) is 2. The zero-order chi connectivity index (χ0) is 11.8. The van der Waals surface area contributed by atoms with E-state index in [0.29, 0.717) is 6.04 Å². The van der Waals surface area contributed by atoms with Crippen LogP contribution in [0, 0.1) is 0 Å². The molecule has 0 aliphatic heterocycles. The lowest BCUT2D eigenvalue weighted by atomic mass is 10.1. The van der Waals surface area contributed by atoms with Crippen molar-refractivity contribution in [2.24, 2.45) is 0 Å². The van der Waals surface area contributed by atoms with E-state index in [4.69, 9.17) is 16.7 Å². The van der Waals surface area contributed by atoms with Gasteiger partial charge in [0.1, 0.15) is 0 Å². The summed E-state index contributed by atoms with van der Waals surface area (Å²) < 4.78 is 0. The highest BCUT2D eigenvalue weighted by atomic mass is 35.5. The minimum Gasteiger partial charge on any atom is -0.396 e. The summed E-state index contributed by atoms with van der Waals surface area (Å²) in [6, 6.07) is 8.43. The zero-order valence-electron chi connectivity index (χ0n) is 9.75. The second-order valence-electron chi connectivity index (χ2n) is 4.10. The molecule has 1 unspecified atom stereocenters. The molecule has 0 heterocycles. The monoisotopic (exact) mass is 241 g/mol. The fourth-order valence-electron chi connectivity index (χ4n) is 1.65. The van der Waals surface area contributed by atoms with Crippen molar-refractivity contribution in [2.75, 3.05) is 13.2 Å². The smallest absolute Gasteiger partial charge is 0.0431 e. The molecule has 1 rings (SSSR count). The van der Waals surface area contributed by atoms with Crippen molar-refractivity contribution in [2.45, 2.75) is 32.2 Å². The number of hydrogen-bond donors (Lipinski definition) is 2. The summed E-state index contributed by atoms with van der Waals surface area (Å²) in [4.78, 5) is 0. The van der Waals surface area contributed by atoms with Crippen molar-refractivity contribution >= 4 is 11.6 Å². The molecule has 16 heavy (non-hydrogen) atoms. The fraction of sp³-hybridized carbons (Fsp3) is 0.538. The Balaban J connectivity index is 2.20. The van der Waals surface area contributed by atoms with Gasteiger partial charge in [0.2, 0.25) is 0 Å². The van der Waals surface area contributed by atoms with Gasteiger partial charge >= 0.3 is 0 Å². The normalized spacial score (nSPS) is 12.7. The minimum absolute atomic E-state index is 0.278. The molecule has 0 amide bonds. The van der Waals surface area contributed by atoms with Gasteiger partial charge in [-0.25, -0.2) is 0 Å². The molecule has 90 valence electrons. The summed E-state index contributed by atoms with van der Waals surface area (Å²) in [5.74, 6) is 0. The average molecular weight is 242 g/mol. The van der Waals surface area contributed by atoms with Crippen LogP contribution in [0.15, 0.2) is 24.3 Å². The quantitative estimate of drug-likeness (QED) is 0.769. The van der Waals surface area contributed by atoms with Crippen molar-refractivity contribution in [3.63, 3.8) is 0 Å². The molecule has 0 radical (unpaired) electrons. The van der Waals surface area contributed by atoms with Crippen LogP contribution in [0.2, 0.25) is 5.02 Å². The van der Waals surface area contributed by atoms with Gasteiger partial charge in [-0.3, -0.25) is 0 Å². The van der Waals surface area contributed by atoms with E-state index in [1.165, 1.54) is 5.56 Å². The highest BCUT2D eigenvalue weighted by Gasteiger charge is 2.00. The van der Waals surface area contributed by atoms with Crippen molar-refractivity contribution in [3.05, 3.63) is 34.9 Å². The molecule has 2 nitrogen and oxygen atoms in total. The second-order valence-corrected chi connectivity index (χ2v) is 4.54. The fourth-order valence-corrected chi connectivity index (χ4v) is 1.87. The van der Waals surface area contributed by atoms with Gasteiger partial charge < -0.3 is 10.4 Å². The maximum atomic E-state index is 8.71. The van der Waals surface area contributed by atoms with Gasteiger partial charge in [0, 0.05) is 17.7 Å². The van der Waals surface area contributed by atoms with Crippen molar-refractivity contribution in [1.82, 2.24) is 5.32 Å². The number of aliphatic hydroxyl groups is 1. The lowest BCUT2D eigenvalue weighted by Gasteiger charge is -2.12. The third-order valence-electron chi connectivity index (χ3n) is 2.59. The zero-order valence-corrected chi connectivity index (χ0v) is 10.5. The average Bonchev–Trinajstić information content (AvgIpc) is 2.26. The van der Waals surface area contributed by atoms with E-state index in [-0.39, 0.29) is 6.61 Å². The van der Waals surface area contributed by atoms with E-state index in [9.17, 15) is 0 Å². The Morgan fingerprint density at radius 1 is 1.44 bits per heavy atom. The first-order valence-corrected chi connectivity index (χ1v) is 6.19. The number of halogens is 1. The molecule has 0 aliphatic carbocycles. The first-order chi connectivity index (χ1) is 7.72. The van der Waals surface area contributed by atoms with Crippen LogP contribution < -0.4 is 5.32 Å². The molecule has 0 saturated carbocycles. The van der Waals surface area contributed by atoms with Crippen molar-refractivity contribution < 1.29 is 5.11 Å². The number of nitrogens with one attached hydrogen (secondary N) is 1. The van der Waals surface area contributed by atoms with Gasteiger partial charge in [-0.15, -0.1) is 0 Å². The van der Waals surface area contributed by atoms with Crippen LogP contribution in [0.3, 0.4) is 0 Å².